The van der Waals surface area contributed by atoms with E-state index in [-0.39, 0.29) is 5.97 Å². The third kappa shape index (κ3) is 2.65. The summed E-state index contributed by atoms with van der Waals surface area (Å²) in [6, 6.07) is 9.39. The lowest BCUT2D eigenvalue weighted by atomic mass is 10.2. The number of esters is 1. The highest BCUT2D eigenvalue weighted by Gasteiger charge is 2.21. The third-order valence-corrected chi connectivity index (χ3v) is 4.29. The molecule has 5 nitrogen and oxygen atoms in total. The summed E-state index contributed by atoms with van der Waals surface area (Å²) in [5, 5.41) is 0.749. The van der Waals surface area contributed by atoms with Gasteiger partial charge in [0.15, 0.2) is 0 Å². The van der Waals surface area contributed by atoms with E-state index in [9.17, 15) is 4.79 Å². The zero-order chi connectivity index (χ0) is 15.5. The molecule has 3 aromatic rings. The fourth-order valence-electron chi connectivity index (χ4n) is 2.11. The smallest absolute Gasteiger partial charge is 0.348 e. The van der Waals surface area contributed by atoms with Crippen molar-refractivity contribution in [1.29, 1.82) is 0 Å². The van der Waals surface area contributed by atoms with Crippen LogP contribution in [0.3, 0.4) is 0 Å². The van der Waals surface area contributed by atoms with E-state index in [1.54, 1.807) is 6.92 Å². The molecule has 2 heterocycles. The second kappa shape index (κ2) is 6.11. The molecule has 0 aliphatic carbocycles. The number of rotatable bonds is 4. The first-order valence-electron chi connectivity index (χ1n) is 6.84. The van der Waals surface area contributed by atoms with Crippen LogP contribution in [-0.4, -0.2) is 22.5 Å². The van der Waals surface area contributed by atoms with Crippen molar-refractivity contribution in [2.45, 2.75) is 13.8 Å². The van der Waals surface area contributed by atoms with E-state index >= 15 is 0 Å². The molecule has 0 spiro atoms. The Hall–Kier alpha value is -2.47. The predicted octanol–water partition coefficient (Wildman–Crippen LogP) is 3.97. The summed E-state index contributed by atoms with van der Waals surface area (Å²) < 4.78 is 10.9. The quantitative estimate of drug-likeness (QED) is 0.682. The van der Waals surface area contributed by atoms with Crippen LogP contribution in [0.25, 0.3) is 10.2 Å². The Balaban J connectivity index is 2.06. The predicted molar refractivity (Wildman–Crippen MR) is 84.6 cm³/mol. The molecule has 0 N–H and O–H groups in total. The van der Waals surface area contributed by atoms with Crippen molar-refractivity contribution in [2.24, 2.45) is 0 Å². The summed E-state index contributed by atoms with van der Waals surface area (Å²) in [5.74, 6) is 0.792. The number of carbonyl (C=O) groups is 1. The van der Waals surface area contributed by atoms with Gasteiger partial charge in [0.2, 0.25) is 5.88 Å². The Bertz CT molecular complexity index is 815. The molecular formula is C16H14N2O3S. The molecule has 0 unspecified atom stereocenters. The van der Waals surface area contributed by atoms with E-state index in [1.807, 2.05) is 37.3 Å². The van der Waals surface area contributed by atoms with Gasteiger partial charge in [0, 0.05) is 0 Å². The van der Waals surface area contributed by atoms with Crippen LogP contribution in [0, 0.1) is 6.92 Å². The number of carbonyl (C=O) groups excluding carboxylic acids is 1. The van der Waals surface area contributed by atoms with Gasteiger partial charge in [0.1, 0.15) is 21.8 Å². The molecule has 3 rings (SSSR count). The second-order valence-corrected chi connectivity index (χ2v) is 5.55. The van der Waals surface area contributed by atoms with E-state index in [1.165, 1.54) is 17.7 Å². The zero-order valence-corrected chi connectivity index (χ0v) is 13.0. The Morgan fingerprint density at radius 1 is 1.23 bits per heavy atom. The maximum Gasteiger partial charge on any atom is 0.348 e. The highest BCUT2D eigenvalue weighted by Crippen LogP contribution is 2.36. The molecule has 0 fully saturated rings. The van der Waals surface area contributed by atoms with Gasteiger partial charge < -0.3 is 9.47 Å². The lowest BCUT2D eigenvalue weighted by Crippen LogP contribution is -2.03. The minimum absolute atomic E-state index is 0.339. The number of hydrogen-bond acceptors (Lipinski definition) is 6. The minimum Gasteiger partial charge on any atom is -0.462 e. The standard InChI is InChI=1S/C16H14N2O3S/c1-3-20-16(19)13-10(2)12-14(17-9-18-15(12)22-13)21-11-7-5-4-6-8-11/h4-9H,3H2,1-2H3. The Kier molecular flexibility index (Phi) is 4.02. The molecule has 0 aliphatic heterocycles. The number of benzene rings is 1. The van der Waals surface area contributed by atoms with Gasteiger partial charge in [-0.25, -0.2) is 14.8 Å². The van der Waals surface area contributed by atoms with Crippen LogP contribution in [0.15, 0.2) is 36.7 Å². The highest BCUT2D eigenvalue weighted by atomic mass is 32.1. The summed E-state index contributed by atoms with van der Waals surface area (Å²) in [5.41, 5.74) is 0.782. The topological polar surface area (TPSA) is 61.3 Å². The maximum absolute atomic E-state index is 12.0. The van der Waals surface area contributed by atoms with E-state index in [2.05, 4.69) is 9.97 Å². The highest BCUT2D eigenvalue weighted by molar-refractivity contribution is 7.20. The summed E-state index contributed by atoms with van der Waals surface area (Å²) in [6.45, 7) is 3.97. The van der Waals surface area contributed by atoms with Crippen molar-refractivity contribution >= 4 is 27.5 Å². The molecule has 22 heavy (non-hydrogen) atoms. The lowest BCUT2D eigenvalue weighted by molar-refractivity contribution is 0.0531. The van der Waals surface area contributed by atoms with Gasteiger partial charge in [-0.1, -0.05) is 18.2 Å². The molecule has 0 saturated carbocycles. The Labute approximate surface area is 131 Å². The number of aryl methyl sites for hydroxylation is 1. The molecule has 0 atom stereocenters. The molecule has 0 bridgehead atoms. The normalized spacial score (nSPS) is 10.6. The summed E-state index contributed by atoms with van der Waals surface area (Å²) in [4.78, 5) is 21.7. The van der Waals surface area contributed by atoms with Gasteiger partial charge in [-0.05, 0) is 31.5 Å². The number of ether oxygens (including phenoxy) is 2. The molecular weight excluding hydrogens is 300 g/mol. The van der Waals surface area contributed by atoms with Gasteiger partial charge in [0.05, 0.1) is 12.0 Å². The van der Waals surface area contributed by atoms with E-state index < -0.39 is 0 Å². The van der Waals surface area contributed by atoms with E-state index in [4.69, 9.17) is 9.47 Å². The average molecular weight is 314 g/mol. The van der Waals surface area contributed by atoms with Gasteiger partial charge >= 0.3 is 5.97 Å². The van der Waals surface area contributed by atoms with Gasteiger partial charge in [0.25, 0.3) is 0 Å². The first-order chi connectivity index (χ1) is 10.7. The van der Waals surface area contributed by atoms with Gasteiger partial charge in [-0.3, -0.25) is 0 Å². The molecule has 112 valence electrons. The van der Waals surface area contributed by atoms with Crippen LogP contribution in [0.4, 0.5) is 0 Å². The van der Waals surface area contributed by atoms with Crippen LogP contribution in [-0.2, 0) is 4.74 Å². The van der Waals surface area contributed by atoms with Crippen molar-refractivity contribution in [3.8, 4) is 11.6 Å². The SMILES string of the molecule is CCOC(=O)c1sc2ncnc(Oc3ccccc3)c2c1C. The second-order valence-electron chi connectivity index (χ2n) is 4.55. The minimum atomic E-state index is -0.339. The van der Waals surface area contributed by atoms with E-state index in [0.29, 0.717) is 27.9 Å². The maximum atomic E-state index is 12.0. The van der Waals surface area contributed by atoms with Crippen LogP contribution in [0.1, 0.15) is 22.2 Å². The van der Waals surface area contributed by atoms with Crippen LogP contribution in [0.2, 0.25) is 0 Å². The van der Waals surface area contributed by atoms with Gasteiger partial charge in [-0.15, -0.1) is 11.3 Å². The number of thiophene rings is 1. The summed E-state index contributed by atoms with van der Waals surface area (Å²) >= 11 is 1.29. The number of fused-ring (bicyclic) bond motifs is 1. The van der Waals surface area contributed by atoms with Crippen molar-refractivity contribution in [1.82, 2.24) is 9.97 Å². The summed E-state index contributed by atoms with van der Waals surface area (Å²) in [7, 11) is 0. The monoisotopic (exact) mass is 314 g/mol. The fraction of sp³-hybridized carbons (Fsp3) is 0.188. The number of aromatic nitrogens is 2. The van der Waals surface area contributed by atoms with Crippen molar-refractivity contribution in [3.63, 3.8) is 0 Å². The van der Waals surface area contributed by atoms with Gasteiger partial charge in [-0.2, -0.15) is 0 Å². The molecule has 0 aliphatic rings. The fourth-order valence-corrected chi connectivity index (χ4v) is 3.14. The zero-order valence-electron chi connectivity index (χ0n) is 12.2. The summed E-state index contributed by atoms with van der Waals surface area (Å²) in [6.07, 6.45) is 1.44. The van der Waals surface area contributed by atoms with Crippen molar-refractivity contribution < 1.29 is 14.3 Å². The molecule has 0 amide bonds. The number of hydrogen-bond donors (Lipinski definition) is 0. The third-order valence-electron chi connectivity index (χ3n) is 3.11. The van der Waals surface area contributed by atoms with Crippen LogP contribution >= 0.6 is 11.3 Å². The van der Waals surface area contributed by atoms with E-state index in [0.717, 1.165) is 10.9 Å². The van der Waals surface area contributed by atoms with Crippen LogP contribution < -0.4 is 4.74 Å². The Morgan fingerprint density at radius 2 is 2.00 bits per heavy atom. The first-order valence-corrected chi connectivity index (χ1v) is 7.66. The molecule has 0 radical (unpaired) electrons. The number of nitrogens with zero attached hydrogens (tertiary/aromatic N) is 2. The molecule has 6 heteroatoms. The Morgan fingerprint density at radius 3 is 2.73 bits per heavy atom. The van der Waals surface area contributed by atoms with Crippen LogP contribution in [0.5, 0.6) is 11.6 Å². The van der Waals surface area contributed by atoms with Crippen molar-refractivity contribution in [3.05, 3.63) is 47.1 Å². The average Bonchev–Trinajstić information content (AvgIpc) is 2.87. The first kappa shape index (κ1) is 14.5. The largest absolute Gasteiger partial charge is 0.462 e. The lowest BCUT2D eigenvalue weighted by Gasteiger charge is -2.05. The van der Waals surface area contributed by atoms with Crippen molar-refractivity contribution in [2.75, 3.05) is 6.61 Å². The molecule has 2 aromatic heterocycles. The molecule has 1 aromatic carbocycles. The molecule has 0 saturated heterocycles. The number of para-hydroxylation sites is 1.